The molecule has 0 bridgehead atoms. The summed E-state index contributed by atoms with van der Waals surface area (Å²) in [7, 11) is -2.62. The van der Waals surface area contributed by atoms with Crippen molar-refractivity contribution in [2.75, 3.05) is 13.2 Å². The van der Waals surface area contributed by atoms with Crippen LogP contribution in [0.15, 0.2) is 109 Å². The molecule has 0 unspecified atom stereocenters. The number of hydrogen-bond donors (Lipinski definition) is 0. The topological polar surface area (TPSA) is 54.0 Å². The van der Waals surface area contributed by atoms with Crippen molar-refractivity contribution in [3.63, 3.8) is 0 Å². The van der Waals surface area contributed by atoms with Gasteiger partial charge in [-0.2, -0.15) is 0 Å². The van der Waals surface area contributed by atoms with Gasteiger partial charge in [-0.15, -0.1) is 0 Å². The summed E-state index contributed by atoms with van der Waals surface area (Å²) < 4.78 is 24.8. The average Bonchev–Trinajstić information content (AvgIpc) is 2.96. The molecule has 0 aliphatic carbocycles. The predicted molar refractivity (Wildman–Crippen MR) is 179 cm³/mol. The maximum atomic E-state index is 11.4. The Hall–Kier alpha value is -3.03. The second-order valence-corrected chi connectivity index (χ2v) is 16.8. The van der Waals surface area contributed by atoms with Crippen molar-refractivity contribution in [2.24, 2.45) is 5.92 Å². The lowest BCUT2D eigenvalue weighted by molar-refractivity contribution is -0.310. The fourth-order valence-electron chi connectivity index (χ4n) is 5.80. The normalized spacial score (nSPS) is 21.6. The van der Waals surface area contributed by atoms with E-state index in [0.717, 1.165) is 12.0 Å². The van der Waals surface area contributed by atoms with Gasteiger partial charge in [-0.25, -0.2) is 4.79 Å². The Bertz CT molecular complexity index is 1230. The summed E-state index contributed by atoms with van der Waals surface area (Å²) in [6, 6.07) is 21.5. The molecule has 1 saturated heterocycles. The molecule has 5 nitrogen and oxygen atoms in total. The Morgan fingerprint density at radius 1 is 0.930 bits per heavy atom. The minimum atomic E-state index is -2.62. The van der Waals surface area contributed by atoms with Gasteiger partial charge >= 0.3 is 5.97 Å². The summed E-state index contributed by atoms with van der Waals surface area (Å²) in [4.78, 5) is 11.4. The number of benzene rings is 2. The largest absolute Gasteiger partial charge is 0.463 e. The van der Waals surface area contributed by atoms with E-state index in [9.17, 15) is 4.79 Å². The Morgan fingerprint density at radius 3 is 2.07 bits per heavy atom. The molecule has 0 radical (unpaired) electrons. The van der Waals surface area contributed by atoms with Gasteiger partial charge in [-0.1, -0.05) is 125 Å². The summed E-state index contributed by atoms with van der Waals surface area (Å²) in [5.41, 5.74) is 1.15. The monoisotopic (exact) mass is 602 g/mol. The molecule has 0 amide bonds. The van der Waals surface area contributed by atoms with Gasteiger partial charge in [0, 0.05) is 12.0 Å². The Kier molecular flexibility index (Phi) is 12.5. The standard InChI is InChI=1S/C37H50O5Si/c1-9-39-34(38)26-20-12-10-11-19-25-33-30(3)35(42-37(7,8)41-33)29(2)27-28-40-43(36(4,5)6,31-21-15-13-16-22-31)32-23-17-14-18-24-32/h10-24,26-27,30,33,35H,9,25,28H2,1-8H3/b12-10+,19-11+,26-20+,29-27-/t30-,33-,35-/m0/s1. The van der Waals surface area contributed by atoms with E-state index in [0.29, 0.717) is 13.2 Å². The van der Waals surface area contributed by atoms with Crippen LogP contribution >= 0.6 is 0 Å². The first-order chi connectivity index (χ1) is 20.4. The molecule has 2 aromatic rings. The third-order valence-electron chi connectivity index (χ3n) is 7.84. The maximum absolute atomic E-state index is 11.4. The van der Waals surface area contributed by atoms with Crippen molar-refractivity contribution in [2.45, 2.75) is 84.8 Å². The van der Waals surface area contributed by atoms with E-state index in [4.69, 9.17) is 18.6 Å². The average molecular weight is 603 g/mol. The molecule has 0 saturated carbocycles. The first-order valence-corrected chi connectivity index (χ1v) is 17.3. The summed E-state index contributed by atoms with van der Waals surface area (Å²) in [5, 5.41) is 2.46. The molecule has 1 fully saturated rings. The van der Waals surface area contributed by atoms with Crippen molar-refractivity contribution in [1.29, 1.82) is 0 Å². The van der Waals surface area contributed by atoms with Crippen molar-refractivity contribution in [1.82, 2.24) is 0 Å². The zero-order valence-corrected chi connectivity index (χ0v) is 28.2. The molecule has 232 valence electrons. The highest BCUT2D eigenvalue weighted by atomic mass is 28.4. The molecular weight excluding hydrogens is 552 g/mol. The smallest absolute Gasteiger partial charge is 0.330 e. The number of hydrogen-bond acceptors (Lipinski definition) is 5. The molecule has 43 heavy (non-hydrogen) atoms. The SMILES string of the molecule is CCOC(=O)/C=C/C=C/C=C/C[C@@H]1OC(C)(C)O[C@@H](/C(C)=C\CO[Si](c2ccccc2)(c2ccccc2)C(C)(C)C)[C@H]1C. The molecule has 3 rings (SSSR count). The second-order valence-electron chi connectivity index (χ2n) is 12.5. The summed E-state index contributed by atoms with van der Waals surface area (Å²) in [5.74, 6) is -0.898. The molecular formula is C37H50O5Si. The van der Waals surface area contributed by atoms with Gasteiger partial charge in [0.05, 0.1) is 25.4 Å². The maximum Gasteiger partial charge on any atom is 0.330 e. The molecule has 1 aliphatic heterocycles. The van der Waals surface area contributed by atoms with Crippen molar-refractivity contribution in [3.05, 3.63) is 109 Å². The molecule has 2 aromatic carbocycles. The molecule has 3 atom stereocenters. The third kappa shape index (κ3) is 9.23. The molecule has 1 heterocycles. The number of carbonyl (C=O) groups excluding carboxylic acids is 1. The van der Waals surface area contributed by atoms with Gasteiger partial charge in [0.15, 0.2) is 5.79 Å². The van der Waals surface area contributed by atoms with E-state index in [-0.39, 0.29) is 29.1 Å². The minimum Gasteiger partial charge on any atom is -0.463 e. The number of allylic oxidation sites excluding steroid dienone is 4. The van der Waals surface area contributed by atoms with Gasteiger partial charge < -0.3 is 18.6 Å². The van der Waals surface area contributed by atoms with Crippen LogP contribution in [0.4, 0.5) is 0 Å². The lowest BCUT2D eigenvalue weighted by atomic mass is 9.89. The van der Waals surface area contributed by atoms with Crippen LogP contribution in [0.2, 0.25) is 5.04 Å². The Balaban J connectivity index is 1.76. The molecule has 1 aliphatic rings. The summed E-state index contributed by atoms with van der Waals surface area (Å²) >= 11 is 0. The molecule has 0 N–H and O–H groups in total. The Labute approximate surface area is 260 Å². The van der Waals surface area contributed by atoms with Gasteiger partial charge in [-0.3, -0.25) is 0 Å². The highest BCUT2D eigenvalue weighted by molar-refractivity contribution is 6.99. The van der Waals surface area contributed by atoms with Crippen molar-refractivity contribution >= 4 is 24.7 Å². The first-order valence-electron chi connectivity index (χ1n) is 15.3. The first kappa shape index (κ1) is 34.5. The van der Waals surface area contributed by atoms with Crippen LogP contribution in [-0.4, -0.2) is 45.5 Å². The van der Waals surface area contributed by atoms with Gasteiger partial charge in [-0.05, 0) is 55.1 Å². The van der Waals surface area contributed by atoms with Gasteiger partial charge in [0.25, 0.3) is 8.32 Å². The van der Waals surface area contributed by atoms with E-state index in [1.54, 1.807) is 13.0 Å². The molecule has 0 spiro atoms. The summed E-state index contributed by atoms with van der Waals surface area (Å²) in [6.07, 6.45) is 13.7. The fourth-order valence-corrected chi connectivity index (χ4v) is 10.3. The van der Waals surface area contributed by atoms with Crippen LogP contribution in [0.5, 0.6) is 0 Å². The Morgan fingerprint density at radius 2 is 1.51 bits per heavy atom. The number of carbonyl (C=O) groups is 1. The van der Waals surface area contributed by atoms with Crippen LogP contribution in [0, 0.1) is 5.92 Å². The molecule has 0 aromatic heterocycles. The zero-order chi connectivity index (χ0) is 31.5. The predicted octanol–water partition coefficient (Wildman–Crippen LogP) is 7.29. The fraction of sp³-hybridized carbons (Fsp3) is 0.432. The van der Waals surface area contributed by atoms with E-state index >= 15 is 0 Å². The lowest BCUT2D eigenvalue weighted by Crippen LogP contribution is -2.66. The van der Waals surface area contributed by atoms with Crippen molar-refractivity contribution < 1.29 is 23.4 Å². The highest BCUT2D eigenvalue weighted by Crippen LogP contribution is 2.38. The van der Waals surface area contributed by atoms with Crippen LogP contribution in [0.3, 0.4) is 0 Å². The second kappa shape index (κ2) is 15.6. The number of rotatable bonds is 12. The quantitative estimate of drug-likeness (QED) is 0.0840. The van der Waals surface area contributed by atoms with Crippen molar-refractivity contribution in [3.8, 4) is 0 Å². The van der Waals surface area contributed by atoms with E-state index < -0.39 is 14.1 Å². The van der Waals surface area contributed by atoms with Crippen LogP contribution in [0.1, 0.15) is 61.8 Å². The third-order valence-corrected chi connectivity index (χ3v) is 12.8. The van der Waals surface area contributed by atoms with E-state index in [1.807, 2.05) is 32.1 Å². The number of ether oxygens (including phenoxy) is 3. The highest BCUT2D eigenvalue weighted by Gasteiger charge is 2.50. The van der Waals surface area contributed by atoms with E-state index in [2.05, 4.69) is 107 Å². The van der Waals surface area contributed by atoms with Crippen LogP contribution in [-0.2, 0) is 23.4 Å². The van der Waals surface area contributed by atoms with Crippen LogP contribution < -0.4 is 10.4 Å². The molecule has 6 heteroatoms. The van der Waals surface area contributed by atoms with Gasteiger partial charge in [0.2, 0.25) is 0 Å². The summed E-state index contributed by atoms with van der Waals surface area (Å²) in [6.45, 7) is 17.8. The van der Waals surface area contributed by atoms with E-state index in [1.165, 1.54) is 16.4 Å². The van der Waals surface area contributed by atoms with Gasteiger partial charge in [0.1, 0.15) is 0 Å². The zero-order valence-electron chi connectivity index (χ0n) is 27.2. The lowest BCUT2D eigenvalue weighted by Gasteiger charge is -2.45. The van der Waals surface area contributed by atoms with Crippen LogP contribution in [0.25, 0.3) is 0 Å². The minimum absolute atomic E-state index is 0.00517. The number of esters is 1.